The largest absolute Gasteiger partial charge is 0.335 e. The number of rotatable bonds is 7. The van der Waals surface area contributed by atoms with Gasteiger partial charge in [-0.05, 0) is 53.1 Å². The van der Waals surface area contributed by atoms with E-state index in [4.69, 9.17) is 4.98 Å². The van der Waals surface area contributed by atoms with Gasteiger partial charge in [0.15, 0.2) is 11.5 Å². The number of hydrogen-bond acceptors (Lipinski definition) is 6. The second-order valence-corrected chi connectivity index (χ2v) is 9.36. The molecule has 0 saturated carbocycles. The van der Waals surface area contributed by atoms with E-state index in [0.29, 0.717) is 11.5 Å². The van der Waals surface area contributed by atoms with Gasteiger partial charge >= 0.3 is 0 Å². The average Bonchev–Trinajstić information content (AvgIpc) is 3.62. The number of H-pyrrole nitrogens is 2. The first-order chi connectivity index (χ1) is 19.3. The van der Waals surface area contributed by atoms with Gasteiger partial charge in [0.2, 0.25) is 0 Å². The Morgan fingerprint density at radius 1 is 0.744 bits per heavy atom. The Morgan fingerprint density at radius 2 is 1.64 bits per heavy atom. The van der Waals surface area contributed by atoms with E-state index in [9.17, 15) is 0 Å². The molecule has 0 amide bonds. The van der Waals surface area contributed by atoms with Crippen LogP contribution in [0.3, 0.4) is 0 Å². The van der Waals surface area contributed by atoms with Gasteiger partial charge < -0.3 is 10.3 Å². The summed E-state index contributed by atoms with van der Waals surface area (Å²) in [6.45, 7) is 1.54. The summed E-state index contributed by atoms with van der Waals surface area (Å²) >= 11 is 0. The summed E-state index contributed by atoms with van der Waals surface area (Å²) in [7, 11) is 0. The number of pyridine rings is 3. The van der Waals surface area contributed by atoms with Crippen molar-refractivity contribution in [3.8, 4) is 33.9 Å². The lowest BCUT2D eigenvalue weighted by Gasteiger charge is -2.07. The second kappa shape index (κ2) is 9.92. The molecule has 7 aromatic rings. The van der Waals surface area contributed by atoms with Gasteiger partial charge in [-0.3, -0.25) is 15.1 Å². The first kappa shape index (κ1) is 22.9. The van der Waals surface area contributed by atoms with Crippen LogP contribution in [0.25, 0.3) is 56.0 Å². The molecule has 0 unspecified atom stereocenters. The molecule has 7 rings (SSSR count). The van der Waals surface area contributed by atoms with Gasteiger partial charge in [0, 0.05) is 54.4 Å². The maximum Gasteiger partial charge on any atom is 0.178 e. The van der Waals surface area contributed by atoms with Gasteiger partial charge in [0.25, 0.3) is 0 Å². The molecular formula is C31H24N8. The third kappa shape index (κ3) is 4.54. The van der Waals surface area contributed by atoms with Crippen molar-refractivity contribution in [2.75, 3.05) is 0 Å². The molecule has 8 heteroatoms. The van der Waals surface area contributed by atoms with Crippen molar-refractivity contribution in [3.63, 3.8) is 0 Å². The molecule has 3 N–H and O–H groups in total. The van der Waals surface area contributed by atoms with E-state index in [2.05, 4.69) is 77.9 Å². The molecule has 39 heavy (non-hydrogen) atoms. The topological polar surface area (TPSA) is 108 Å². The number of aromatic nitrogens is 7. The van der Waals surface area contributed by atoms with Crippen LogP contribution in [-0.4, -0.2) is 35.1 Å². The second-order valence-electron chi connectivity index (χ2n) is 9.36. The molecule has 2 aromatic carbocycles. The molecular weight excluding hydrogens is 484 g/mol. The molecule has 0 aliphatic heterocycles. The van der Waals surface area contributed by atoms with Gasteiger partial charge in [-0.15, -0.1) is 0 Å². The zero-order valence-electron chi connectivity index (χ0n) is 21.0. The standard InChI is InChI=1S/C31H24N8/c1-2-6-20(7-3-1)16-32-17-21-14-23(19-33-18-21)22-9-10-27-25(15-22)29(39-38-27)31-36-28-24(11-13-35-30(28)37-31)26-8-4-5-12-34-26/h1-15,18-19,32H,16-17H2,(H,38,39)(H,35,36,37). The monoisotopic (exact) mass is 508 g/mol. The maximum atomic E-state index is 4.77. The van der Waals surface area contributed by atoms with Crippen molar-refractivity contribution in [1.82, 2.24) is 40.4 Å². The first-order valence-electron chi connectivity index (χ1n) is 12.8. The van der Waals surface area contributed by atoms with Gasteiger partial charge in [-0.2, -0.15) is 5.10 Å². The molecule has 0 aliphatic carbocycles. The highest BCUT2D eigenvalue weighted by molar-refractivity contribution is 5.97. The molecule has 0 saturated heterocycles. The third-order valence-electron chi connectivity index (χ3n) is 6.75. The summed E-state index contributed by atoms with van der Waals surface area (Å²) in [5.41, 5.74) is 9.43. The number of imidazole rings is 1. The van der Waals surface area contributed by atoms with E-state index in [1.54, 1.807) is 12.4 Å². The number of fused-ring (bicyclic) bond motifs is 2. The zero-order chi connectivity index (χ0) is 26.0. The lowest BCUT2D eigenvalue weighted by Crippen LogP contribution is -2.12. The van der Waals surface area contributed by atoms with Crippen molar-refractivity contribution in [3.05, 3.63) is 115 Å². The molecule has 0 fully saturated rings. The van der Waals surface area contributed by atoms with Crippen molar-refractivity contribution in [2.24, 2.45) is 0 Å². The van der Waals surface area contributed by atoms with Crippen LogP contribution in [0.4, 0.5) is 0 Å². The molecule has 0 aliphatic rings. The molecule has 0 atom stereocenters. The van der Waals surface area contributed by atoms with Gasteiger partial charge in [0.05, 0.1) is 16.7 Å². The minimum Gasteiger partial charge on any atom is -0.335 e. The number of hydrogen-bond donors (Lipinski definition) is 3. The minimum atomic E-state index is 0.625. The van der Waals surface area contributed by atoms with Crippen LogP contribution in [0.2, 0.25) is 0 Å². The number of nitrogens with one attached hydrogen (secondary N) is 3. The summed E-state index contributed by atoms with van der Waals surface area (Å²) in [4.78, 5) is 21.7. The Morgan fingerprint density at radius 3 is 2.54 bits per heavy atom. The minimum absolute atomic E-state index is 0.625. The van der Waals surface area contributed by atoms with Gasteiger partial charge in [0.1, 0.15) is 5.69 Å². The molecule has 0 spiro atoms. The Hall–Kier alpha value is -5.21. The molecule has 188 valence electrons. The lowest BCUT2D eigenvalue weighted by molar-refractivity contribution is 0.691. The fourth-order valence-corrected chi connectivity index (χ4v) is 4.82. The van der Waals surface area contributed by atoms with E-state index in [-0.39, 0.29) is 0 Å². The summed E-state index contributed by atoms with van der Waals surface area (Å²) in [6, 6.07) is 26.6. The summed E-state index contributed by atoms with van der Waals surface area (Å²) in [6.07, 6.45) is 7.34. The fourth-order valence-electron chi connectivity index (χ4n) is 4.82. The normalized spacial score (nSPS) is 11.4. The average molecular weight is 509 g/mol. The van der Waals surface area contributed by atoms with Crippen LogP contribution in [0.1, 0.15) is 11.1 Å². The number of benzene rings is 2. The molecule has 8 nitrogen and oxygen atoms in total. The van der Waals surface area contributed by atoms with Crippen LogP contribution in [0.15, 0.2) is 104 Å². The summed E-state index contributed by atoms with van der Waals surface area (Å²) in [5.74, 6) is 0.654. The van der Waals surface area contributed by atoms with Crippen molar-refractivity contribution in [2.45, 2.75) is 13.1 Å². The number of nitrogens with zero attached hydrogens (tertiary/aromatic N) is 5. The van der Waals surface area contributed by atoms with Crippen LogP contribution in [0, 0.1) is 0 Å². The van der Waals surface area contributed by atoms with Gasteiger partial charge in [-0.1, -0.05) is 42.5 Å². The van der Waals surface area contributed by atoms with Crippen molar-refractivity contribution >= 4 is 22.1 Å². The van der Waals surface area contributed by atoms with E-state index < -0.39 is 0 Å². The van der Waals surface area contributed by atoms with Crippen LogP contribution in [0.5, 0.6) is 0 Å². The Balaban J connectivity index is 1.20. The first-order valence-corrected chi connectivity index (χ1v) is 12.8. The summed E-state index contributed by atoms with van der Waals surface area (Å²) < 4.78 is 0. The third-order valence-corrected chi connectivity index (χ3v) is 6.75. The number of aromatic amines is 2. The highest BCUT2D eigenvalue weighted by Crippen LogP contribution is 2.32. The maximum absolute atomic E-state index is 4.77. The Bertz CT molecular complexity index is 1890. The highest BCUT2D eigenvalue weighted by Gasteiger charge is 2.16. The van der Waals surface area contributed by atoms with Crippen LogP contribution < -0.4 is 5.32 Å². The molecule has 5 aromatic heterocycles. The van der Waals surface area contributed by atoms with Crippen molar-refractivity contribution < 1.29 is 0 Å². The quantitative estimate of drug-likeness (QED) is 0.247. The molecule has 0 radical (unpaired) electrons. The smallest absolute Gasteiger partial charge is 0.178 e. The predicted molar refractivity (Wildman–Crippen MR) is 152 cm³/mol. The van der Waals surface area contributed by atoms with E-state index in [0.717, 1.165) is 63.2 Å². The highest BCUT2D eigenvalue weighted by atomic mass is 15.1. The lowest BCUT2D eigenvalue weighted by atomic mass is 10.0. The van der Waals surface area contributed by atoms with Gasteiger partial charge in [-0.25, -0.2) is 9.97 Å². The molecule has 0 bridgehead atoms. The van der Waals surface area contributed by atoms with Crippen LogP contribution >= 0.6 is 0 Å². The summed E-state index contributed by atoms with van der Waals surface area (Å²) in [5, 5.41) is 12.2. The SMILES string of the molecule is c1ccc(CNCc2cncc(-c3ccc4[nH]nc(-c5nc6nccc(-c7ccccn7)c6[nH]5)c4c3)c2)cc1. The van der Waals surface area contributed by atoms with E-state index in [1.807, 2.05) is 48.8 Å². The van der Waals surface area contributed by atoms with Crippen LogP contribution in [-0.2, 0) is 13.1 Å². The Labute approximate surface area is 224 Å². The van der Waals surface area contributed by atoms with E-state index in [1.165, 1.54) is 5.56 Å². The van der Waals surface area contributed by atoms with E-state index >= 15 is 0 Å². The van der Waals surface area contributed by atoms with Crippen molar-refractivity contribution in [1.29, 1.82) is 0 Å². The molecule has 5 heterocycles. The predicted octanol–water partition coefficient (Wildman–Crippen LogP) is 5.92. The Kier molecular flexibility index (Phi) is 5.84. The fraction of sp³-hybridized carbons (Fsp3) is 0.0645. The zero-order valence-corrected chi connectivity index (χ0v) is 21.0.